The minimum Gasteiger partial charge on any atom is -0.334 e. The quantitative estimate of drug-likeness (QED) is 0.624. The van der Waals surface area contributed by atoms with Crippen molar-refractivity contribution in [2.75, 3.05) is 0 Å². The smallest absolute Gasteiger partial charge is 0.326 e. The fourth-order valence-corrected chi connectivity index (χ4v) is 2.70. The van der Waals surface area contributed by atoms with Gasteiger partial charge in [0.1, 0.15) is 0 Å². The lowest BCUT2D eigenvalue weighted by atomic mass is 10.2. The Balaban J connectivity index is 1.75. The highest BCUT2D eigenvalue weighted by molar-refractivity contribution is 5.80. The fourth-order valence-electron chi connectivity index (χ4n) is 2.70. The number of rotatable bonds is 4. The first-order valence-corrected chi connectivity index (χ1v) is 7.73. The molecule has 1 N–H and O–H groups in total. The highest BCUT2D eigenvalue weighted by atomic mass is 16.5. The largest absolute Gasteiger partial charge is 0.334 e. The van der Waals surface area contributed by atoms with Gasteiger partial charge in [-0.2, -0.15) is 4.98 Å². The summed E-state index contributed by atoms with van der Waals surface area (Å²) in [7, 11) is 0. The van der Waals surface area contributed by atoms with Crippen LogP contribution in [0.2, 0.25) is 0 Å². The Morgan fingerprint density at radius 2 is 2.00 bits per heavy atom. The van der Waals surface area contributed by atoms with E-state index in [0.29, 0.717) is 18.3 Å². The average molecular weight is 321 g/mol. The Morgan fingerprint density at radius 3 is 2.79 bits per heavy atom. The van der Waals surface area contributed by atoms with Crippen LogP contribution in [0, 0.1) is 0 Å². The summed E-state index contributed by atoms with van der Waals surface area (Å²) in [6.45, 7) is 2.73. The Hall–Kier alpha value is -3.22. The van der Waals surface area contributed by atoms with Gasteiger partial charge >= 0.3 is 5.69 Å². The van der Waals surface area contributed by atoms with Crippen LogP contribution in [0.3, 0.4) is 0 Å². The van der Waals surface area contributed by atoms with Crippen LogP contribution in [-0.2, 0) is 6.54 Å². The normalized spacial score (nSPS) is 11.2. The maximum atomic E-state index is 12.0. The van der Waals surface area contributed by atoms with Gasteiger partial charge in [-0.05, 0) is 36.8 Å². The molecule has 0 aliphatic heterocycles. The van der Waals surface area contributed by atoms with E-state index in [9.17, 15) is 4.79 Å². The van der Waals surface area contributed by atoms with Crippen LogP contribution in [0.1, 0.15) is 13.3 Å². The van der Waals surface area contributed by atoms with Crippen LogP contribution < -0.4 is 5.69 Å². The molecule has 7 heteroatoms. The molecule has 0 bridgehead atoms. The lowest BCUT2D eigenvalue weighted by Gasteiger charge is -2.00. The van der Waals surface area contributed by atoms with Crippen molar-refractivity contribution >= 4 is 11.0 Å². The van der Waals surface area contributed by atoms with Crippen LogP contribution in [0.25, 0.3) is 33.9 Å². The second-order valence-corrected chi connectivity index (χ2v) is 5.47. The van der Waals surface area contributed by atoms with E-state index in [-0.39, 0.29) is 5.69 Å². The lowest BCUT2D eigenvalue weighted by Crippen LogP contribution is -2.16. The highest BCUT2D eigenvalue weighted by Gasteiger charge is 2.13. The van der Waals surface area contributed by atoms with Crippen molar-refractivity contribution in [3.63, 3.8) is 0 Å². The number of aryl methyl sites for hydroxylation is 1. The molecule has 4 rings (SSSR count). The van der Waals surface area contributed by atoms with Crippen molar-refractivity contribution in [3.05, 3.63) is 53.2 Å². The summed E-state index contributed by atoms with van der Waals surface area (Å²) >= 11 is 0. The monoisotopic (exact) mass is 321 g/mol. The van der Waals surface area contributed by atoms with E-state index < -0.39 is 0 Å². The molecule has 0 spiro atoms. The van der Waals surface area contributed by atoms with E-state index in [2.05, 4.69) is 20.1 Å². The molecular weight excluding hydrogens is 306 g/mol. The zero-order valence-electron chi connectivity index (χ0n) is 13.1. The Labute approximate surface area is 137 Å². The number of pyridine rings is 1. The zero-order chi connectivity index (χ0) is 16.5. The molecule has 0 fully saturated rings. The van der Waals surface area contributed by atoms with Crippen LogP contribution in [0.5, 0.6) is 0 Å². The lowest BCUT2D eigenvalue weighted by molar-refractivity contribution is 0.432. The fraction of sp³-hybridized carbons (Fsp3) is 0.176. The van der Waals surface area contributed by atoms with Gasteiger partial charge in [-0.1, -0.05) is 12.1 Å². The minimum absolute atomic E-state index is 0.102. The number of fused-ring (bicyclic) bond motifs is 1. The number of aromatic amines is 1. The van der Waals surface area contributed by atoms with Crippen molar-refractivity contribution in [1.82, 2.24) is 24.7 Å². The SMILES string of the molecule is CCCn1c(=O)[nH]c2cc(-c3noc(-c4ccncc4)n3)ccc21. The van der Waals surface area contributed by atoms with Gasteiger partial charge in [-0.15, -0.1) is 0 Å². The van der Waals surface area contributed by atoms with Crippen molar-refractivity contribution in [3.8, 4) is 22.8 Å². The van der Waals surface area contributed by atoms with E-state index >= 15 is 0 Å². The number of hydrogen-bond acceptors (Lipinski definition) is 5. The molecule has 3 heterocycles. The number of nitrogens with zero attached hydrogens (tertiary/aromatic N) is 4. The first-order valence-electron chi connectivity index (χ1n) is 7.73. The predicted octanol–water partition coefficient (Wildman–Crippen LogP) is 2.85. The highest BCUT2D eigenvalue weighted by Crippen LogP contribution is 2.24. The molecule has 3 aromatic heterocycles. The Bertz CT molecular complexity index is 1050. The standard InChI is InChI=1S/C17H15N5O2/c1-2-9-22-14-4-3-12(10-13(14)19-17(22)23)15-20-16(24-21-15)11-5-7-18-8-6-11/h3-8,10H,2,9H2,1H3,(H,19,23). The van der Waals surface area contributed by atoms with E-state index in [1.807, 2.05) is 37.3 Å². The van der Waals surface area contributed by atoms with Gasteiger partial charge in [0, 0.05) is 30.1 Å². The number of benzene rings is 1. The number of nitrogens with one attached hydrogen (secondary N) is 1. The maximum Gasteiger partial charge on any atom is 0.326 e. The molecule has 120 valence electrons. The van der Waals surface area contributed by atoms with Crippen molar-refractivity contribution in [2.45, 2.75) is 19.9 Å². The third kappa shape index (κ3) is 2.40. The summed E-state index contributed by atoms with van der Waals surface area (Å²) in [5, 5.41) is 4.03. The van der Waals surface area contributed by atoms with Crippen molar-refractivity contribution in [1.29, 1.82) is 0 Å². The maximum absolute atomic E-state index is 12.0. The van der Waals surface area contributed by atoms with Gasteiger partial charge in [0.05, 0.1) is 11.0 Å². The van der Waals surface area contributed by atoms with Crippen LogP contribution in [0.4, 0.5) is 0 Å². The zero-order valence-corrected chi connectivity index (χ0v) is 13.1. The molecule has 0 amide bonds. The van der Waals surface area contributed by atoms with E-state index in [0.717, 1.165) is 28.6 Å². The summed E-state index contributed by atoms with van der Waals surface area (Å²) in [6, 6.07) is 9.28. The van der Waals surface area contributed by atoms with Crippen molar-refractivity contribution < 1.29 is 4.52 Å². The molecule has 0 atom stereocenters. The number of hydrogen-bond donors (Lipinski definition) is 1. The van der Waals surface area contributed by atoms with Gasteiger partial charge in [0.15, 0.2) is 0 Å². The number of aromatic nitrogens is 5. The average Bonchev–Trinajstić information content (AvgIpc) is 3.21. The summed E-state index contributed by atoms with van der Waals surface area (Å²) in [5.41, 5.74) is 3.14. The second-order valence-electron chi connectivity index (χ2n) is 5.47. The molecule has 0 saturated heterocycles. The van der Waals surface area contributed by atoms with Gasteiger partial charge < -0.3 is 9.51 Å². The summed E-state index contributed by atoms with van der Waals surface area (Å²) in [6.07, 6.45) is 4.24. The van der Waals surface area contributed by atoms with E-state index in [4.69, 9.17) is 4.52 Å². The molecule has 0 saturated carbocycles. The summed E-state index contributed by atoms with van der Waals surface area (Å²) in [5.74, 6) is 0.914. The van der Waals surface area contributed by atoms with Gasteiger partial charge in [0.25, 0.3) is 5.89 Å². The van der Waals surface area contributed by atoms with Crippen LogP contribution >= 0.6 is 0 Å². The molecular formula is C17H15N5O2. The number of imidazole rings is 1. The third-order valence-electron chi connectivity index (χ3n) is 3.83. The first-order chi connectivity index (χ1) is 11.8. The molecule has 0 radical (unpaired) electrons. The molecule has 0 unspecified atom stereocenters. The third-order valence-corrected chi connectivity index (χ3v) is 3.83. The van der Waals surface area contributed by atoms with E-state index in [1.165, 1.54) is 0 Å². The Kier molecular flexibility index (Phi) is 3.45. The van der Waals surface area contributed by atoms with E-state index in [1.54, 1.807) is 17.0 Å². The van der Waals surface area contributed by atoms with Gasteiger partial charge in [0.2, 0.25) is 5.82 Å². The molecule has 24 heavy (non-hydrogen) atoms. The molecule has 7 nitrogen and oxygen atoms in total. The summed E-state index contributed by atoms with van der Waals surface area (Å²) < 4.78 is 7.05. The van der Waals surface area contributed by atoms with Gasteiger partial charge in [-0.3, -0.25) is 9.55 Å². The predicted molar refractivity (Wildman–Crippen MR) is 89.4 cm³/mol. The molecule has 0 aliphatic rings. The van der Waals surface area contributed by atoms with Crippen LogP contribution in [0.15, 0.2) is 52.0 Å². The Morgan fingerprint density at radius 1 is 1.17 bits per heavy atom. The summed E-state index contributed by atoms with van der Waals surface area (Å²) in [4.78, 5) is 23.3. The van der Waals surface area contributed by atoms with Crippen molar-refractivity contribution in [2.24, 2.45) is 0 Å². The minimum atomic E-state index is -0.102. The van der Waals surface area contributed by atoms with Gasteiger partial charge in [-0.25, -0.2) is 4.79 Å². The molecule has 4 aromatic rings. The number of H-pyrrole nitrogens is 1. The topological polar surface area (TPSA) is 89.6 Å². The van der Waals surface area contributed by atoms with Crippen LogP contribution in [-0.4, -0.2) is 24.7 Å². The second kappa shape index (κ2) is 5.77. The molecule has 1 aromatic carbocycles. The first kappa shape index (κ1) is 14.4. The molecule has 0 aliphatic carbocycles.